The van der Waals surface area contributed by atoms with Crippen molar-refractivity contribution in [2.24, 2.45) is 0 Å². The van der Waals surface area contributed by atoms with Crippen LogP contribution in [0.5, 0.6) is 0 Å². The number of nitrogens with one attached hydrogen (secondary N) is 2. The molecule has 1 saturated carbocycles. The lowest BCUT2D eigenvalue weighted by atomic mass is 10.1. The van der Waals surface area contributed by atoms with E-state index >= 15 is 0 Å². The Kier molecular flexibility index (Phi) is 7.26. The van der Waals surface area contributed by atoms with Crippen LogP contribution in [0.4, 0.5) is 5.69 Å². The summed E-state index contributed by atoms with van der Waals surface area (Å²) in [4.78, 5) is 12.5. The molecule has 0 bridgehead atoms. The lowest BCUT2D eigenvalue weighted by Crippen LogP contribution is -2.33. The van der Waals surface area contributed by atoms with Gasteiger partial charge in [0.2, 0.25) is 15.9 Å². The van der Waals surface area contributed by atoms with E-state index in [1.165, 1.54) is 24.2 Å². The van der Waals surface area contributed by atoms with Crippen LogP contribution < -0.4 is 10.0 Å². The van der Waals surface area contributed by atoms with Gasteiger partial charge >= 0.3 is 0 Å². The molecule has 2 aromatic heterocycles. The first kappa shape index (κ1) is 21.7. The van der Waals surface area contributed by atoms with Gasteiger partial charge in [0.05, 0.1) is 0 Å². The summed E-state index contributed by atoms with van der Waals surface area (Å²) in [5.74, 6) is 0.304. The van der Waals surface area contributed by atoms with Gasteiger partial charge in [-0.15, -0.1) is 11.3 Å². The Morgan fingerprint density at radius 1 is 1.24 bits per heavy atom. The molecule has 1 aliphatic rings. The fraction of sp³-hybridized carbons (Fsp3) is 0.500. The molecule has 2 aromatic rings. The maximum atomic E-state index is 12.7. The number of aryl methyl sites for hydroxylation is 1. The van der Waals surface area contributed by atoms with Gasteiger partial charge in [0.15, 0.2) is 5.76 Å². The number of anilines is 1. The number of carbonyl (C=O) groups is 1. The number of amides is 1. The summed E-state index contributed by atoms with van der Waals surface area (Å²) in [5, 5.41) is 6.67. The van der Waals surface area contributed by atoms with Crippen LogP contribution in [0.2, 0.25) is 0 Å². The van der Waals surface area contributed by atoms with Crippen LogP contribution >= 0.6 is 11.3 Å². The second-order valence-corrected chi connectivity index (χ2v) is 10.3. The van der Waals surface area contributed by atoms with Gasteiger partial charge in [0, 0.05) is 17.3 Å². The number of carbonyl (C=O) groups excluding carboxylic acids is 1. The molecule has 0 radical (unpaired) electrons. The van der Waals surface area contributed by atoms with Gasteiger partial charge in [-0.3, -0.25) is 4.79 Å². The summed E-state index contributed by atoms with van der Waals surface area (Å²) in [6.07, 6.45) is 10.1. The predicted molar refractivity (Wildman–Crippen MR) is 115 cm³/mol. The SMILES string of the molecule is CCC(=O)Nc1c(C)noc1/C=C/c1ccc(S(=O)(=O)NC2CCCCCC2)s1. The molecule has 0 unspecified atom stereocenters. The molecule has 0 aliphatic heterocycles. The van der Waals surface area contributed by atoms with Crippen LogP contribution in [0.15, 0.2) is 20.9 Å². The fourth-order valence-corrected chi connectivity index (χ4v) is 5.83. The standard InChI is InChI=1S/C20H27N3O4S2/c1-3-18(24)21-20-14(2)22-27-17(20)12-10-16-11-13-19(28-16)29(25,26)23-15-8-6-4-5-7-9-15/h10-13,15,23H,3-9H2,1-2H3,(H,21,24)/b12-10+. The Labute approximate surface area is 175 Å². The van der Waals surface area contributed by atoms with Crippen LogP contribution in [0, 0.1) is 6.92 Å². The lowest BCUT2D eigenvalue weighted by molar-refractivity contribution is -0.115. The van der Waals surface area contributed by atoms with Crippen molar-refractivity contribution in [1.82, 2.24) is 9.88 Å². The molecule has 0 saturated heterocycles. The van der Waals surface area contributed by atoms with E-state index in [1.807, 2.05) is 0 Å². The topological polar surface area (TPSA) is 101 Å². The molecule has 0 spiro atoms. The van der Waals surface area contributed by atoms with Crippen molar-refractivity contribution in [3.8, 4) is 0 Å². The number of nitrogens with zero attached hydrogens (tertiary/aromatic N) is 1. The zero-order valence-electron chi connectivity index (χ0n) is 16.7. The van der Waals surface area contributed by atoms with Crippen molar-refractivity contribution < 1.29 is 17.7 Å². The average Bonchev–Trinajstić information content (AvgIpc) is 3.21. The first-order valence-electron chi connectivity index (χ1n) is 9.95. The highest BCUT2D eigenvalue weighted by atomic mass is 32.2. The van der Waals surface area contributed by atoms with Gasteiger partial charge in [-0.1, -0.05) is 37.8 Å². The first-order valence-corrected chi connectivity index (χ1v) is 12.3. The normalized spacial score (nSPS) is 16.2. The molecular formula is C20H27N3O4S2. The summed E-state index contributed by atoms with van der Waals surface area (Å²) in [6.45, 7) is 3.52. The van der Waals surface area contributed by atoms with Crippen LogP contribution in [-0.4, -0.2) is 25.5 Å². The highest BCUT2D eigenvalue weighted by Crippen LogP contribution is 2.27. The summed E-state index contributed by atoms with van der Waals surface area (Å²) in [7, 11) is -3.52. The van der Waals surface area contributed by atoms with Gasteiger partial charge in [0.25, 0.3) is 0 Å². The number of hydrogen-bond donors (Lipinski definition) is 2. The molecule has 1 fully saturated rings. The monoisotopic (exact) mass is 437 g/mol. The first-order chi connectivity index (χ1) is 13.9. The summed E-state index contributed by atoms with van der Waals surface area (Å²) < 4.78 is 33.9. The van der Waals surface area contributed by atoms with E-state index in [4.69, 9.17) is 4.52 Å². The second kappa shape index (κ2) is 9.69. The Morgan fingerprint density at radius 2 is 1.97 bits per heavy atom. The highest BCUT2D eigenvalue weighted by Gasteiger charge is 2.22. The van der Waals surface area contributed by atoms with E-state index in [0.29, 0.717) is 27.8 Å². The van der Waals surface area contributed by atoms with Crippen LogP contribution in [0.25, 0.3) is 12.2 Å². The molecule has 1 aliphatic carbocycles. The van der Waals surface area contributed by atoms with E-state index < -0.39 is 10.0 Å². The molecule has 0 aromatic carbocycles. The average molecular weight is 438 g/mol. The molecule has 7 nitrogen and oxygen atoms in total. The Bertz CT molecular complexity index is 968. The molecule has 29 heavy (non-hydrogen) atoms. The molecule has 158 valence electrons. The summed E-state index contributed by atoms with van der Waals surface area (Å²) >= 11 is 1.20. The van der Waals surface area contributed by atoms with Crippen LogP contribution in [0.3, 0.4) is 0 Å². The van der Waals surface area contributed by atoms with Gasteiger partial charge in [-0.25, -0.2) is 13.1 Å². The van der Waals surface area contributed by atoms with Crippen molar-refractivity contribution >= 4 is 45.1 Å². The molecule has 1 amide bonds. The number of aromatic nitrogens is 1. The van der Waals surface area contributed by atoms with Crippen molar-refractivity contribution in [2.75, 3.05) is 5.32 Å². The van der Waals surface area contributed by atoms with Crippen molar-refractivity contribution in [2.45, 2.75) is 69.0 Å². The smallest absolute Gasteiger partial charge is 0.250 e. The Morgan fingerprint density at radius 3 is 2.66 bits per heavy atom. The molecule has 9 heteroatoms. The van der Waals surface area contributed by atoms with Gasteiger partial charge in [-0.2, -0.15) is 0 Å². The molecule has 2 N–H and O–H groups in total. The molecular weight excluding hydrogens is 410 g/mol. The van der Waals surface area contributed by atoms with Gasteiger partial charge in [-0.05, 0) is 44.1 Å². The Hall–Kier alpha value is -1.97. The van der Waals surface area contributed by atoms with Crippen molar-refractivity contribution in [3.63, 3.8) is 0 Å². The second-order valence-electron chi connectivity index (χ2n) is 7.21. The number of thiophene rings is 1. The number of hydrogen-bond acceptors (Lipinski definition) is 6. The van der Waals surface area contributed by atoms with Gasteiger partial charge < -0.3 is 9.84 Å². The maximum Gasteiger partial charge on any atom is 0.250 e. The van der Waals surface area contributed by atoms with Crippen molar-refractivity contribution in [1.29, 1.82) is 0 Å². The minimum absolute atomic E-state index is 0.0190. The molecule has 0 atom stereocenters. The van der Waals surface area contributed by atoms with E-state index in [2.05, 4.69) is 15.2 Å². The highest BCUT2D eigenvalue weighted by molar-refractivity contribution is 7.91. The number of sulfonamides is 1. The fourth-order valence-electron chi connectivity index (χ4n) is 3.28. The van der Waals surface area contributed by atoms with E-state index in [9.17, 15) is 13.2 Å². The van der Waals surface area contributed by atoms with E-state index in [1.54, 1.807) is 38.1 Å². The quantitative estimate of drug-likeness (QED) is 0.618. The maximum absolute atomic E-state index is 12.7. The zero-order valence-corrected chi connectivity index (χ0v) is 18.4. The largest absolute Gasteiger partial charge is 0.354 e. The molecule has 3 rings (SSSR count). The third kappa shape index (κ3) is 5.77. The third-order valence-corrected chi connectivity index (χ3v) is 7.98. The van der Waals surface area contributed by atoms with Gasteiger partial charge in [0.1, 0.15) is 15.6 Å². The predicted octanol–water partition coefficient (Wildman–Crippen LogP) is 4.56. The zero-order chi connectivity index (χ0) is 20.9. The van der Waals surface area contributed by atoms with Crippen LogP contribution in [-0.2, 0) is 14.8 Å². The van der Waals surface area contributed by atoms with E-state index in [0.717, 1.165) is 30.6 Å². The summed E-state index contributed by atoms with van der Waals surface area (Å²) in [5.41, 5.74) is 1.13. The van der Waals surface area contributed by atoms with E-state index in [-0.39, 0.29) is 11.9 Å². The minimum Gasteiger partial charge on any atom is -0.354 e. The third-order valence-electron chi connectivity index (χ3n) is 4.92. The summed E-state index contributed by atoms with van der Waals surface area (Å²) in [6, 6.07) is 3.40. The molecule has 2 heterocycles. The number of rotatable bonds is 7. The lowest BCUT2D eigenvalue weighted by Gasteiger charge is -2.15. The van der Waals surface area contributed by atoms with Crippen LogP contribution in [0.1, 0.15) is 68.2 Å². The van der Waals surface area contributed by atoms with Crippen molar-refractivity contribution in [3.05, 3.63) is 28.5 Å². The Balaban J connectivity index is 1.71. The minimum atomic E-state index is -3.52.